The third kappa shape index (κ3) is 5.93. The number of aromatic nitrogens is 2. The fourth-order valence-corrected chi connectivity index (χ4v) is 4.56. The van der Waals surface area contributed by atoms with Gasteiger partial charge in [0.1, 0.15) is 11.6 Å². The summed E-state index contributed by atoms with van der Waals surface area (Å²) in [5, 5.41) is 14.7. The van der Waals surface area contributed by atoms with Gasteiger partial charge in [0.25, 0.3) is 0 Å². The van der Waals surface area contributed by atoms with E-state index in [1.165, 1.54) is 35.2 Å². The predicted molar refractivity (Wildman–Crippen MR) is 119 cm³/mol. The molecular formula is C21H23FN4O2S2. The van der Waals surface area contributed by atoms with Crippen LogP contribution in [0, 0.1) is 5.82 Å². The van der Waals surface area contributed by atoms with Crippen molar-refractivity contribution in [2.45, 2.75) is 36.4 Å². The highest BCUT2D eigenvalue weighted by Crippen LogP contribution is 2.33. The topological polar surface area (TPSA) is 76.1 Å². The molecule has 0 bridgehead atoms. The normalized spacial score (nSPS) is 12.8. The van der Waals surface area contributed by atoms with Crippen LogP contribution in [0.5, 0.6) is 5.75 Å². The molecule has 3 aromatic rings. The van der Waals surface area contributed by atoms with Crippen molar-refractivity contribution in [2.24, 2.45) is 0 Å². The van der Waals surface area contributed by atoms with Crippen molar-refractivity contribution in [1.82, 2.24) is 15.5 Å². The minimum atomic E-state index is -0.357. The SMILES string of the molecule is CCOc1ccccc1Nc1nnc(SC(C)C(=O)NC(C)c2ccc(F)cc2)s1. The minimum absolute atomic E-state index is 0.122. The smallest absolute Gasteiger partial charge is 0.233 e. The van der Waals surface area contributed by atoms with Crippen molar-refractivity contribution in [3.63, 3.8) is 0 Å². The molecule has 6 nitrogen and oxygen atoms in total. The van der Waals surface area contributed by atoms with Crippen LogP contribution in [0.4, 0.5) is 15.2 Å². The molecular weight excluding hydrogens is 423 g/mol. The first-order valence-corrected chi connectivity index (χ1v) is 11.2. The largest absolute Gasteiger partial charge is 0.492 e. The van der Waals surface area contributed by atoms with Gasteiger partial charge in [-0.2, -0.15) is 0 Å². The number of benzene rings is 2. The van der Waals surface area contributed by atoms with Crippen molar-refractivity contribution in [3.8, 4) is 5.75 Å². The Balaban J connectivity index is 1.57. The molecule has 0 radical (unpaired) electrons. The molecule has 2 atom stereocenters. The molecule has 0 aliphatic heterocycles. The zero-order chi connectivity index (χ0) is 21.5. The molecule has 0 saturated carbocycles. The number of carbonyl (C=O) groups excluding carboxylic acids is 1. The Hall–Kier alpha value is -2.65. The van der Waals surface area contributed by atoms with E-state index in [1.807, 2.05) is 45.0 Å². The van der Waals surface area contributed by atoms with Crippen LogP contribution in [-0.4, -0.2) is 28.0 Å². The Kier molecular flexibility index (Phi) is 7.64. The maximum atomic E-state index is 13.1. The Morgan fingerprint density at radius 3 is 2.63 bits per heavy atom. The van der Waals surface area contributed by atoms with Crippen LogP contribution in [0.15, 0.2) is 52.9 Å². The average molecular weight is 447 g/mol. The van der Waals surface area contributed by atoms with Gasteiger partial charge in [-0.1, -0.05) is 47.4 Å². The number of thioether (sulfide) groups is 1. The molecule has 1 amide bonds. The predicted octanol–water partition coefficient (Wildman–Crippen LogP) is 5.18. The number of carbonyl (C=O) groups is 1. The van der Waals surface area contributed by atoms with Gasteiger partial charge in [0.2, 0.25) is 11.0 Å². The molecule has 1 heterocycles. The van der Waals surface area contributed by atoms with E-state index in [2.05, 4.69) is 20.8 Å². The van der Waals surface area contributed by atoms with Crippen molar-refractivity contribution in [3.05, 3.63) is 59.9 Å². The fourth-order valence-electron chi connectivity index (χ4n) is 2.64. The van der Waals surface area contributed by atoms with E-state index >= 15 is 0 Å². The van der Waals surface area contributed by atoms with E-state index in [0.29, 0.717) is 16.1 Å². The highest BCUT2D eigenvalue weighted by atomic mass is 32.2. The zero-order valence-corrected chi connectivity index (χ0v) is 18.5. The second-order valence-corrected chi connectivity index (χ2v) is 9.03. The van der Waals surface area contributed by atoms with Gasteiger partial charge >= 0.3 is 0 Å². The van der Waals surface area contributed by atoms with E-state index in [4.69, 9.17) is 4.74 Å². The number of halogens is 1. The van der Waals surface area contributed by atoms with Crippen LogP contribution in [0.2, 0.25) is 0 Å². The van der Waals surface area contributed by atoms with Crippen LogP contribution in [0.25, 0.3) is 0 Å². The van der Waals surface area contributed by atoms with Crippen LogP contribution >= 0.6 is 23.1 Å². The highest BCUT2D eigenvalue weighted by Gasteiger charge is 2.19. The summed E-state index contributed by atoms with van der Waals surface area (Å²) < 4.78 is 19.4. The summed E-state index contributed by atoms with van der Waals surface area (Å²) in [5.74, 6) is 0.320. The lowest BCUT2D eigenvalue weighted by molar-refractivity contribution is -0.120. The standard InChI is InChI=1S/C21H23FN4O2S2/c1-4-28-18-8-6-5-7-17(18)24-20-25-26-21(30-20)29-14(3)19(27)23-13(2)15-9-11-16(22)12-10-15/h5-14H,4H2,1-3H3,(H,23,27)(H,24,25). The molecule has 158 valence electrons. The van der Waals surface area contributed by atoms with Gasteiger partial charge in [-0.15, -0.1) is 10.2 Å². The zero-order valence-electron chi connectivity index (χ0n) is 16.9. The summed E-state index contributed by atoms with van der Waals surface area (Å²) >= 11 is 2.71. The Morgan fingerprint density at radius 2 is 1.90 bits per heavy atom. The van der Waals surface area contributed by atoms with Crippen molar-refractivity contribution in [1.29, 1.82) is 0 Å². The summed E-state index contributed by atoms with van der Waals surface area (Å²) in [6.07, 6.45) is 0. The summed E-state index contributed by atoms with van der Waals surface area (Å²) in [4.78, 5) is 12.5. The number of anilines is 2. The maximum Gasteiger partial charge on any atom is 0.233 e. The molecule has 0 aliphatic rings. The van der Waals surface area contributed by atoms with Gasteiger partial charge in [-0.05, 0) is 50.6 Å². The van der Waals surface area contributed by atoms with Gasteiger partial charge in [-0.3, -0.25) is 4.79 Å². The van der Waals surface area contributed by atoms with Gasteiger partial charge in [0.05, 0.1) is 23.6 Å². The molecule has 0 spiro atoms. The molecule has 30 heavy (non-hydrogen) atoms. The first-order valence-electron chi connectivity index (χ1n) is 9.51. The molecule has 2 unspecified atom stereocenters. The molecule has 3 rings (SSSR count). The second kappa shape index (κ2) is 10.4. The summed E-state index contributed by atoms with van der Waals surface area (Å²) in [6, 6.07) is 13.5. The van der Waals surface area contributed by atoms with Gasteiger partial charge in [0, 0.05) is 0 Å². The van der Waals surface area contributed by atoms with E-state index in [9.17, 15) is 9.18 Å². The van der Waals surface area contributed by atoms with Crippen LogP contribution in [0.1, 0.15) is 32.4 Å². The number of hydrogen-bond acceptors (Lipinski definition) is 7. The van der Waals surface area contributed by atoms with Crippen LogP contribution in [-0.2, 0) is 4.79 Å². The van der Waals surface area contributed by atoms with Crippen molar-refractivity contribution in [2.75, 3.05) is 11.9 Å². The van der Waals surface area contributed by atoms with Gasteiger partial charge < -0.3 is 15.4 Å². The number of para-hydroxylation sites is 2. The van der Waals surface area contributed by atoms with E-state index in [0.717, 1.165) is 17.0 Å². The molecule has 1 aromatic heterocycles. The first-order chi connectivity index (χ1) is 14.5. The van der Waals surface area contributed by atoms with Crippen LogP contribution < -0.4 is 15.4 Å². The Morgan fingerprint density at radius 1 is 1.17 bits per heavy atom. The second-order valence-electron chi connectivity index (χ2n) is 6.47. The minimum Gasteiger partial charge on any atom is -0.492 e. The summed E-state index contributed by atoms with van der Waals surface area (Å²) in [7, 11) is 0. The van der Waals surface area contributed by atoms with Crippen molar-refractivity contribution < 1.29 is 13.9 Å². The third-order valence-corrected chi connectivity index (χ3v) is 6.23. The molecule has 0 aliphatic carbocycles. The van der Waals surface area contributed by atoms with E-state index < -0.39 is 0 Å². The number of rotatable bonds is 9. The molecule has 0 fully saturated rings. The Bertz CT molecular complexity index is 981. The number of nitrogens with zero attached hydrogens (tertiary/aromatic N) is 2. The Labute approximate surface area is 183 Å². The number of hydrogen-bond donors (Lipinski definition) is 2. The third-order valence-electron chi connectivity index (χ3n) is 4.21. The molecule has 0 saturated heterocycles. The lowest BCUT2D eigenvalue weighted by Gasteiger charge is -2.17. The van der Waals surface area contributed by atoms with Gasteiger partial charge in [-0.25, -0.2) is 4.39 Å². The molecule has 2 aromatic carbocycles. The average Bonchev–Trinajstić information content (AvgIpc) is 3.16. The first kappa shape index (κ1) is 22.0. The van der Waals surface area contributed by atoms with E-state index in [1.54, 1.807) is 12.1 Å². The number of nitrogens with one attached hydrogen (secondary N) is 2. The van der Waals surface area contributed by atoms with Gasteiger partial charge in [0.15, 0.2) is 4.34 Å². The lowest BCUT2D eigenvalue weighted by atomic mass is 10.1. The summed E-state index contributed by atoms with van der Waals surface area (Å²) in [5.41, 5.74) is 1.66. The summed E-state index contributed by atoms with van der Waals surface area (Å²) in [6.45, 7) is 6.18. The maximum absolute atomic E-state index is 13.1. The molecule has 9 heteroatoms. The quantitative estimate of drug-likeness (QED) is 0.441. The van der Waals surface area contributed by atoms with Crippen molar-refractivity contribution >= 4 is 39.8 Å². The van der Waals surface area contributed by atoms with E-state index in [-0.39, 0.29) is 23.0 Å². The highest BCUT2D eigenvalue weighted by molar-refractivity contribution is 8.02. The molecule has 2 N–H and O–H groups in total. The van der Waals surface area contributed by atoms with Crippen LogP contribution in [0.3, 0.4) is 0 Å². The monoisotopic (exact) mass is 446 g/mol. The fraction of sp³-hybridized carbons (Fsp3) is 0.286. The number of amides is 1. The number of ether oxygens (including phenoxy) is 1. The lowest BCUT2D eigenvalue weighted by Crippen LogP contribution is -2.33.